The zero-order valence-electron chi connectivity index (χ0n) is 16.2. The number of esters is 2. The lowest BCUT2D eigenvalue weighted by Crippen LogP contribution is -2.52. The van der Waals surface area contributed by atoms with E-state index in [1.807, 2.05) is 0 Å². The van der Waals surface area contributed by atoms with Crippen molar-refractivity contribution in [3.05, 3.63) is 42.0 Å². The van der Waals surface area contributed by atoms with Gasteiger partial charge in [-0.15, -0.1) is 0 Å². The normalized spacial score (nSPS) is 29.0. The Morgan fingerprint density at radius 1 is 1.13 bits per heavy atom. The number of ether oxygens (including phenoxy) is 3. The second-order valence-corrected chi connectivity index (χ2v) is 7.41. The molecular formula is C20H16F3NO7. The van der Waals surface area contributed by atoms with Crippen LogP contribution in [0.4, 0.5) is 18.9 Å². The van der Waals surface area contributed by atoms with Crippen molar-refractivity contribution in [2.45, 2.75) is 38.0 Å². The molecule has 0 saturated carbocycles. The summed E-state index contributed by atoms with van der Waals surface area (Å²) < 4.78 is 55.3. The number of imide groups is 1. The van der Waals surface area contributed by atoms with Crippen LogP contribution in [-0.2, 0) is 39.6 Å². The molecule has 1 aromatic rings. The van der Waals surface area contributed by atoms with Gasteiger partial charge in [0.25, 0.3) is 6.29 Å². The monoisotopic (exact) mass is 439 g/mol. The average molecular weight is 439 g/mol. The minimum absolute atomic E-state index is 0.245. The van der Waals surface area contributed by atoms with Gasteiger partial charge < -0.3 is 14.2 Å². The largest absolute Gasteiger partial charge is 0.422 e. The van der Waals surface area contributed by atoms with Gasteiger partial charge in [0.05, 0.1) is 29.2 Å². The molecule has 2 fully saturated rings. The smallest absolute Gasteiger partial charge is 0.416 e. The highest BCUT2D eigenvalue weighted by Gasteiger charge is 2.72. The highest BCUT2D eigenvalue weighted by molar-refractivity contribution is 6.23. The number of halogens is 3. The summed E-state index contributed by atoms with van der Waals surface area (Å²) in [6, 6.07) is 3.83. The lowest BCUT2D eigenvalue weighted by atomic mass is 9.76. The first-order chi connectivity index (χ1) is 14.5. The Balaban J connectivity index is 1.74. The van der Waals surface area contributed by atoms with Crippen molar-refractivity contribution in [3.8, 4) is 0 Å². The van der Waals surface area contributed by atoms with E-state index in [1.54, 1.807) is 0 Å². The Kier molecular flexibility index (Phi) is 4.69. The molecule has 3 heterocycles. The minimum atomic E-state index is -4.67. The van der Waals surface area contributed by atoms with Crippen LogP contribution in [0.25, 0.3) is 0 Å². The predicted molar refractivity (Wildman–Crippen MR) is 95.0 cm³/mol. The molecular weight excluding hydrogens is 423 g/mol. The molecule has 0 aliphatic carbocycles. The van der Waals surface area contributed by atoms with E-state index >= 15 is 0 Å². The Bertz CT molecular complexity index is 1000. The standard InChI is InChI=1S/C20H16F3NO7/c1-9(25)29-18(30-10(2)26)19-7-6-13(31-19)14-15(19)17(28)24(16(14)27)12-5-3-4-11(8-12)20(21,22)23/h3-8,13-15,18H,1-2H3/t13-,14+,15+,19+/m1/s1. The molecule has 2 saturated heterocycles. The van der Waals surface area contributed by atoms with Crippen LogP contribution in [0.1, 0.15) is 19.4 Å². The number of carbonyl (C=O) groups is 4. The van der Waals surface area contributed by atoms with Crippen molar-refractivity contribution in [2.24, 2.45) is 11.8 Å². The summed E-state index contributed by atoms with van der Waals surface area (Å²) in [5.41, 5.74) is -3.03. The number of fused-ring (bicyclic) bond motifs is 5. The fourth-order valence-electron chi connectivity index (χ4n) is 4.29. The van der Waals surface area contributed by atoms with Gasteiger partial charge in [-0.1, -0.05) is 12.1 Å². The van der Waals surface area contributed by atoms with Crippen molar-refractivity contribution in [1.82, 2.24) is 0 Å². The minimum Gasteiger partial charge on any atom is -0.422 e. The number of nitrogens with zero attached hydrogens (tertiary/aromatic N) is 1. The van der Waals surface area contributed by atoms with Gasteiger partial charge in [0, 0.05) is 13.8 Å². The van der Waals surface area contributed by atoms with Gasteiger partial charge in [0.15, 0.2) is 5.60 Å². The summed E-state index contributed by atoms with van der Waals surface area (Å²) in [4.78, 5) is 50.1. The van der Waals surface area contributed by atoms with E-state index in [-0.39, 0.29) is 5.69 Å². The first-order valence-electron chi connectivity index (χ1n) is 9.22. The van der Waals surface area contributed by atoms with Gasteiger partial charge in [-0.2, -0.15) is 13.2 Å². The maximum Gasteiger partial charge on any atom is 0.416 e. The zero-order valence-corrected chi connectivity index (χ0v) is 16.2. The first-order valence-corrected chi connectivity index (χ1v) is 9.22. The van der Waals surface area contributed by atoms with Crippen molar-refractivity contribution >= 4 is 29.4 Å². The fourth-order valence-corrected chi connectivity index (χ4v) is 4.29. The third-order valence-corrected chi connectivity index (χ3v) is 5.42. The van der Waals surface area contributed by atoms with Crippen molar-refractivity contribution in [1.29, 1.82) is 0 Å². The zero-order chi connectivity index (χ0) is 22.7. The molecule has 2 bridgehead atoms. The Labute approximate surface area is 173 Å². The summed E-state index contributed by atoms with van der Waals surface area (Å²) in [5, 5.41) is 0. The fraction of sp³-hybridized carbons (Fsp3) is 0.400. The van der Waals surface area contributed by atoms with Crippen LogP contribution in [0, 0.1) is 11.8 Å². The van der Waals surface area contributed by atoms with Gasteiger partial charge in [0.1, 0.15) is 0 Å². The van der Waals surface area contributed by atoms with E-state index < -0.39 is 65.3 Å². The molecule has 2 amide bonds. The highest BCUT2D eigenvalue weighted by atomic mass is 19.4. The number of anilines is 1. The van der Waals surface area contributed by atoms with E-state index in [0.29, 0.717) is 11.0 Å². The molecule has 8 nitrogen and oxygen atoms in total. The first kappa shape index (κ1) is 21.0. The topological polar surface area (TPSA) is 99.2 Å². The molecule has 0 spiro atoms. The lowest BCUT2D eigenvalue weighted by molar-refractivity contribution is -0.226. The van der Waals surface area contributed by atoms with E-state index in [0.717, 1.165) is 26.0 Å². The lowest BCUT2D eigenvalue weighted by Gasteiger charge is -2.34. The molecule has 3 aliphatic rings. The van der Waals surface area contributed by atoms with E-state index in [4.69, 9.17) is 14.2 Å². The number of hydrogen-bond donors (Lipinski definition) is 0. The molecule has 0 radical (unpaired) electrons. The van der Waals surface area contributed by atoms with Crippen molar-refractivity contribution in [3.63, 3.8) is 0 Å². The number of rotatable bonds is 4. The molecule has 0 N–H and O–H groups in total. The summed E-state index contributed by atoms with van der Waals surface area (Å²) in [7, 11) is 0. The maximum absolute atomic E-state index is 13.3. The molecule has 3 aliphatic heterocycles. The molecule has 0 aromatic heterocycles. The molecule has 4 rings (SSSR count). The predicted octanol–water partition coefficient (Wildman–Crippen LogP) is 1.97. The van der Waals surface area contributed by atoms with E-state index in [9.17, 15) is 32.3 Å². The summed E-state index contributed by atoms with van der Waals surface area (Å²) in [5.74, 6) is -5.57. The van der Waals surface area contributed by atoms with Crippen molar-refractivity contribution in [2.75, 3.05) is 4.90 Å². The van der Waals surface area contributed by atoms with Gasteiger partial charge in [-0.25, -0.2) is 4.90 Å². The third kappa shape index (κ3) is 3.19. The molecule has 31 heavy (non-hydrogen) atoms. The van der Waals surface area contributed by atoms with Gasteiger partial charge in [-0.3, -0.25) is 19.2 Å². The van der Waals surface area contributed by atoms with Crippen LogP contribution in [-0.4, -0.2) is 41.7 Å². The van der Waals surface area contributed by atoms with Crippen LogP contribution in [0.15, 0.2) is 36.4 Å². The van der Waals surface area contributed by atoms with Crippen LogP contribution in [0.3, 0.4) is 0 Å². The molecule has 11 heteroatoms. The number of amides is 2. The average Bonchev–Trinajstić information content (AvgIpc) is 3.31. The third-order valence-electron chi connectivity index (χ3n) is 5.42. The SMILES string of the molecule is CC(=O)OC(OC(C)=O)[C@@]12C=C[C@@H](O1)[C@@H]1C(=O)N(c3cccc(C(F)(F)F)c3)C(=O)[C@H]12. The Hall–Kier alpha value is -3.21. The van der Waals surface area contributed by atoms with Crippen LogP contribution < -0.4 is 4.90 Å². The number of alkyl halides is 3. The Morgan fingerprint density at radius 3 is 2.35 bits per heavy atom. The quantitative estimate of drug-likeness (QED) is 0.306. The molecule has 4 atom stereocenters. The number of carbonyl (C=O) groups excluding carboxylic acids is 4. The molecule has 1 aromatic carbocycles. The Morgan fingerprint density at radius 2 is 1.77 bits per heavy atom. The second kappa shape index (κ2) is 6.91. The van der Waals surface area contributed by atoms with Crippen LogP contribution >= 0.6 is 0 Å². The van der Waals surface area contributed by atoms with Gasteiger partial charge in [0.2, 0.25) is 11.8 Å². The highest BCUT2D eigenvalue weighted by Crippen LogP contribution is 2.54. The second-order valence-electron chi connectivity index (χ2n) is 7.41. The van der Waals surface area contributed by atoms with Crippen LogP contribution in [0.5, 0.6) is 0 Å². The summed E-state index contributed by atoms with van der Waals surface area (Å²) in [6.07, 6.45) is -4.36. The number of hydrogen-bond acceptors (Lipinski definition) is 7. The van der Waals surface area contributed by atoms with Gasteiger partial charge in [-0.05, 0) is 24.3 Å². The summed E-state index contributed by atoms with van der Waals surface area (Å²) >= 11 is 0. The van der Waals surface area contributed by atoms with E-state index in [2.05, 4.69) is 0 Å². The van der Waals surface area contributed by atoms with E-state index in [1.165, 1.54) is 18.2 Å². The molecule has 0 unspecified atom stereocenters. The maximum atomic E-state index is 13.3. The molecule has 164 valence electrons. The van der Waals surface area contributed by atoms with Crippen molar-refractivity contribution < 1.29 is 46.6 Å². The number of benzene rings is 1. The van der Waals surface area contributed by atoms with Gasteiger partial charge >= 0.3 is 18.1 Å². The van der Waals surface area contributed by atoms with Crippen LogP contribution in [0.2, 0.25) is 0 Å². The summed E-state index contributed by atoms with van der Waals surface area (Å²) in [6.45, 7) is 2.12.